The second kappa shape index (κ2) is 11.5. The van der Waals surface area contributed by atoms with Gasteiger partial charge in [-0.1, -0.05) is 65.2 Å². The number of hydrogen-bond acceptors (Lipinski definition) is 2. The molecule has 2 nitrogen and oxygen atoms in total. The van der Waals surface area contributed by atoms with Crippen LogP contribution in [0.3, 0.4) is 0 Å². The third-order valence-corrected chi connectivity index (χ3v) is 5.95. The molecular weight excluding hydrogens is 284 g/mol. The maximum atomic E-state index is 6.07. The van der Waals surface area contributed by atoms with Crippen molar-refractivity contribution in [3.8, 4) is 0 Å². The molecule has 0 aromatic heterocycles. The van der Waals surface area contributed by atoms with E-state index in [0.29, 0.717) is 11.8 Å². The molecule has 2 heteroatoms. The van der Waals surface area contributed by atoms with Gasteiger partial charge in [0.05, 0.1) is 13.2 Å². The maximum absolute atomic E-state index is 6.07. The molecule has 0 radical (unpaired) electrons. The maximum Gasteiger partial charge on any atom is 0.160 e. The summed E-state index contributed by atoms with van der Waals surface area (Å²) in [6, 6.07) is 0. The second-order valence-corrected chi connectivity index (χ2v) is 8.03. The first-order valence-electron chi connectivity index (χ1n) is 10.6. The van der Waals surface area contributed by atoms with Crippen molar-refractivity contribution in [2.45, 2.75) is 104 Å². The molecule has 2 fully saturated rings. The number of hydrogen-bond donors (Lipinski definition) is 0. The zero-order valence-corrected chi connectivity index (χ0v) is 15.7. The number of ether oxygens (including phenoxy) is 2. The van der Waals surface area contributed by atoms with Crippen LogP contribution in [0.25, 0.3) is 0 Å². The Morgan fingerprint density at radius 1 is 0.652 bits per heavy atom. The van der Waals surface area contributed by atoms with Crippen molar-refractivity contribution in [1.82, 2.24) is 0 Å². The first-order valence-corrected chi connectivity index (χ1v) is 10.6. The predicted octanol–water partition coefficient (Wildman–Crippen LogP) is 6.33. The highest BCUT2D eigenvalue weighted by atomic mass is 16.7. The van der Waals surface area contributed by atoms with E-state index >= 15 is 0 Å². The van der Waals surface area contributed by atoms with Crippen molar-refractivity contribution >= 4 is 0 Å². The van der Waals surface area contributed by atoms with Gasteiger partial charge in [0.2, 0.25) is 0 Å². The topological polar surface area (TPSA) is 18.5 Å². The van der Waals surface area contributed by atoms with Crippen molar-refractivity contribution < 1.29 is 9.47 Å². The van der Waals surface area contributed by atoms with Gasteiger partial charge in [-0.15, -0.1) is 0 Å². The molecule has 1 aliphatic heterocycles. The molecule has 2 rings (SSSR count). The lowest BCUT2D eigenvalue weighted by atomic mass is 9.79. The van der Waals surface area contributed by atoms with E-state index in [-0.39, 0.29) is 6.29 Å². The highest BCUT2D eigenvalue weighted by Gasteiger charge is 2.32. The molecule has 2 aliphatic rings. The molecule has 1 saturated heterocycles. The lowest BCUT2D eigenvalue weighted by molar-refractivity contribution is -0.230. The van der Waals surface area contributed by atoms with Crippen LogP contribution in [0.5, 0.6) is 0 Å². The molecule has 0 unspecified atom stereocenters. The Morgan fingerprint density at radius 2 is 1.26 bits per heavy atom. The van der Waals surface area contributed by atoms with Crippen LogP contribution in [-0.2, 0) is 9.47 Å². The molecule has 0 atom stereocenters. The predicted molar refractivity (Wildman–Crippen MR) is 97.5 cm³/mol. The Labute approximate surface area is 144 Å². The Morgan fingerprint density at radius 3 is 1.91 bits per heavy atom. The molecule has 136 valence electrons. The fraction of sp³-hybridized carbons (Fsp3) is 1.00. The van der Waals surface area contributed by atoms with Gasteiger partial charge in [0.15, 0.2) is 6.29 Å². The summed E-state index contributed by atoms with van der Waals surface area (Å²) in [4.78, 5) is 0. The highest BCUT2D eigenvalue weighted by molar-refractivity contribution is 4.77. The van der Waals surface area contributed by atoms with Crippen LogP contribution in [0.1, 0.15) is 97.3 Å². The van der Waals surface area contributed by atoms with Gasteiger partial charge in [0.1, 0.15) is 0 Å². The summed E-state index contributed by atoms with van der Waals surface area (Å²) in [6.45, 7) is 6.42. The smallest absolute Gasteiger partial charge is 0.160 e. The fourth-order valence-corrected chi connectivity index (χ4v) is 4.28. The minimum absolute atomic E-state index is 0.110. The first kappa shape index (κ1) is 19.2. The Kier molecular flexibility index (Phi) is 9.60. The minimum atomic E-state index is 0.110. The van der Waals surface area contributed by atoms with Gasteiger partial charge in [0, 0.05) is 11.8 Å². The van der Waals surface area contributed by atoms with E-state index in [4.69, 9.17) is 9.47 Å². The van der Waals surface area contributed by atoms with Gasteiger partial charge in [-0.05, 0) is 38.0 Å². The van der Waals surface area contributed by atoms with E-state index < -0.39 is 0 Å². The van der Waals surface area contributed by atoms with E-state index in [1.54, 1.807) is 0 Å². The van der Waals surface area contributed by atoms with Gasteiger partial charge in [-0.2, -0.15) is 0 Å². The molecule has 23 heavy (non-hydrogen) atoms. The zero-order valence-electron chi connectivity index (χ0n) is 15.7. The normalized spacial score (nSPS) is 32.1. The number of unbranched alkanes of at least 4 members (excludes halogenated alkanes) is 5. The summed E-state index contributed by atoms with van der Waals surface area (Å²) in [5, 5.41) is 0. The Bertz CT molecular complexity index is 276. The van der Waals surface area contributed by atoms with Gasteiger partial charge < -0.3 is 9.47 Å². The second-order valence-electron chi connectivity index (χ2n) is 8.03. The van der Waals surface area contributed by atoms with Crippen LogP contribution in [-0.4, -0.2) is 19.5 Å². The first-order chi connectivity index (χ1) is 11.3. The molecule has 0 spiro atoms. The van der Waals surface area contributed by atoms with Crippen molar-refractivity contribution in [2.24, 2.45) is 17.8 Å². The van der Waals surface area contributed by atoms with E-state index in [1.165, 1.54) is 83.5 Å². The third kappa shape index (κ3) is 7.13. The van der Waals surface area contributed by atoms with E-state index in [9.17, 15) is 0 Å². The summed E-state index contributed by atoms with van der Waals surface area (Å²) in [7, 11) is 0. The molecule has 0 amide bonds. The van der Waals surface area contributed by atoms with Crippen molar-refractivity contribution in [2.75, 3.05) is 13.2 Å². The quantitative estimate of drug-likeness (QED) is 0.437. The lowest BCUT2D eigenvalue weighted by Crippen LogP contribution is -2.38. The lowest BCUT2D eigenvalue weighted by Gasteiger charge is -2.37. The molecule has 0 aromatic rings. The molecule has 1 heterocycles. The van der Waals surface area contributed by atoms with Crippen molar-refractivity contribution in [1.29, 1.82) is 0 Å². The van der Waals surface area contributed by atoms with Crippen molar-refractivity contribution in [3.63, 3.8) is 0 Å². The largest absolute Gasteiger partial charge is 0.352 e. The summed E-state index contributed by atoms with van der Waals surface area (Å²) in [5.74, 6) is 2.29. The molecule has 1 aliphatic carbocycles. The molecule has 0 N–H and O–H groups in total. The van der Waals surface area contributed by atoms with E-state index in [2.05, 4.69) is 13.8 Å². The van der Waals surface area contributed by atoms with Crippen LogP contribution in [0, 0.1) is 17.8 Å². The fourth-order valence-electron chi connectivity index (χ4n) is 4.28. The zero-order chi connectivity index (χ0) is 16.3. The summed E-state index contributed by atoms with van der Waals surface area (Å²) >= 11 is 0. The average molecular weight is 325 g/mol. The van der Waals surface area contributed by atoms with E-state index in [1.807, 2.05) is 0 Å². The molecular formula is C21H40O2. The van der Waals surface area contributed by atoms with Crippen LogP contribution in [0.2, 0.25) is 0 Å². The minimum Gasteiger partial charge on any atom is -0.352 e. The summed E-state index contributed by atoms with van der Waals surface area (Å²) < 4.78 is 12.1. The van der Waals surface area contributed by atoms with Crippen LogP contribution >= 0.6 is 0 Å². The average Bonchev–Trinajstić information content (AvgIpc) is 2.61. The van der Waals surface area contributed by atoms with Crippen LogP contribution in [0.4, 0.5) is 0 Å². The third-order valence-electron chi connectivity index (χ3n) is 5.95. The Balaban J connectivity index is 1.54. The number of rotatable bonds is 10. The van der Waals surface area contributed by atoms with Crippen molar-refractivity contribution in [3.05, 3.63) is 0 Å². The SMILES string of the molecule is CCCCCCCC1CCC(C2OCC(CCCC)CO2)CC1. The standard InChI is InChI=1S/C21H40O2/c1-3-5-7-8-9-11-18-12-14-20(15-13-18)21-22-16-19(17-23-21)10-6-4-2/h18-21H,3-17H2,1-2H3. The highest BCUT2D eigenvalue weighted by Crippen LogP contribution is 2.36. The van der Waals surface area contributed by atoms with E-state index in [0.717, 1.165) is 19.1 Å². The van der Waals surface area contributed by atoms with Gasteiger partial charge in [-0.25, -0.2) is 0 Å². The summed E-state index contributed by atoms with van der Waals surface area (Å²) in [6.07, 6.45) is 18.0. The van der Waals surface area contributed by atoms with Crippen LogP contribution < -0.4 is 0 Å². The molecule has 0 bridgehead atoms. The Hall–Kier alpha value is -0.0800. The molecule has 0 aromatic carbocycles. The van der Waals surface area contributed by atoms with Gasteiger partial charge in [-0.3, -0.25) is 0 Å². The summed E-state index contributed by atoms with van der Waals surface area (Å²) in [5.41, 5.74) is 0. The molecule has 1 saturated carbocycles. The van der Waals surface area contributed by atoms with Gasteiger partial charge in [0.25, 0.3) is 0 Å². The van der Waals surface area contributed by atoms with Crippen LogP contribution in [0.15, 0.2) is 0 Å². The van der Waals surface area contributed by atoms with Gasteiger partial charge >= 0.3 is 0 Å². The monoisotopic (exact) mass is 324 g/mol.